The Morgan fingerprint density at radius 2 is 2.07 bits per heavy atom. The summed E-state index contributed by atoms with van der Waals surface area (Å²) < 4.78 is 5.47. The molecule has 1 aromatic heterocycles. The fourth-order valence-corrected chi connectivity index (χ4v) is 4.24. The highest BCUT2D eigenvalue weighted by molar-refractivity contribution is 7.13. The molecule has 28 heavy (non-hydrogen) atoms. The highest BCUT2D eigenvalue weighted by atomic mass is 35.5. The van der Waals surface area contributed by atoms with Crippen LogP contribution in [-0.2, 0) is 20.7 Å². The number of rotatable bonds is 6. The van der Waals surface area contributed by atoms with E-state index in [1.165, 1.54) is 25.2 Å². The molecular formula is C20H23ClN2O4S. The van der Waals surface area contributed by atoms with Crippen molar-refractivity contribution in [2.24, 2.45) is 0 Å². The molecule has 1 amide bonds. The number of hydrogen-bond acceptors (Lipinski definition) is 5. The third-order valence-corrected chi connectivity index (χ3v) is 5.94. The first-order chi connectivity index (χ1) is 13.3. The molecule has 0 aliphatic carbocycles. The van der Waals surface area contributed by atoms with Crippen LogP contribution in [0.15, 0.2) is 23.6 Å². The van der Waals surface area contributed by atoms with Gasteiger partial charge in [0.05, 0.1) is 12.1 Å². The number of amides is 1. The number of hydrogen-bond donors (Lipinski definition) is 2. The number of aromatic nitrogens is 1. The van der Waals surface area contributed by atoms with Gasteiger partial charge in [0.2, 0.25) is 5.91 Å². The monoisotopic (exact) mass is 422 g/mol. The Bertz CT molecular complexity index is 875. The molecule has 0 saturated carbocycles. The average Bonchev–Trinajstić information content (AvgIpc) is 3.09. The van der Waals surface area contributed by atoms with Crippen molar-refractivity contribution in [2.45, 2.75) is 44.6 Å². The summed E-state index contributed by atoms with van der Waals surface area (Å²) in [4.78, 5) is 28.0. The highest BCUT2D eigenvalue weighted by Gasteiger charge is 2.29. The minimum atomic E-state index is -1.32. The molecule has 1 aliphatic rings. The third-order valence-electron chi connectivity index (χ3n) is 4.79. The number of thiazole rings is 1. The van der Waals surface area contributed by atoms with Crippen LogP contribution in [-0.4, -0.2) is 40.7 Å². The van der Waals surface area contributed by atoms with E-state index in [4.69, 9.17) is 21.4 Å². The van der Waals surface area contributed by atoms with Gasteiger partial charge in [-0.2, -0.15) is 0 Å². The Balaban J connectivity index is 1.78. The van der Waals surface area contributed by atoms with Gasteiger partial charge in [0, 0.05) is 29.2 Å². The minimum Gasteiger partial charge on any atom is -0.480 e. The lowest BCUT2D eigenvalue weighted by atomic mass is 9.88. The van der Waals surface area contributed by atoms with Crippen LogP contribution in [0.25, 0.3) is 10.6 Å². The Labute approximate surface area is 172 Å². The van der Waals surface area contributed by atoms with Crippen molar-refractivity contribution in [3.63, 3.8) is 0 Å². The van der Waals surface area contributed by atoms with Gasteiger partial charge in [-0.15, -0.1) is 11.3 Å². The summed E-state index contributed by atoms with van der Waals surface area (Å²) in [5.74, 6) is -1.08. The van der Waals surface area contributed by atoms with Crippen LogP contribution < -0.4 is 5.32 Å². The van der Waals surface area contributed by atoms with Crippen LogP contribution in [0.4, 0.5) is 0 Å². The number of carbonyl (C=O) groups excluding carboxylic acids is 1. The summed E-state index contributed by atoms with van der Waals surface area (Å²) >= 11 is 7.71. The predicted molar refractivity (Wildman–Crippen MR) is 109 cm³/mol. The van der Waals surface area contributed by atoms with E-state index in [-0.39, 0.29) is 12.3 Å². The fourth-order valence-electron chi connectivity index (χ4n) is 3.20. The summed E-state index contributed by atoms with van der Waals surface area (Å²) in [6.45, 7) is 4.37. The van der Waals surface area contributed by atoms with Crippen LogP contribution in [0.1, 0.15) is 43.9 Å². The van der Waals surface area contributed by atoms with Gasteiger partial charge in [-0.3, -0.25) is 4.79 Å². The first kappa shape index (κ1) is 20.8. The molecule has 0 unspecified atom stereocenters. The van der Waals surface area contributed by atoms with Crippen LogP contribution in [0.3, 0.4) is 0 Å². The molecule has 1 aliphatic heterocycles. The minimum absolute atomic E-state index is 0.0351. The topological polar surface area (TPSA) is 88.5 Å². The quantitative estimate of drug-likeness (QED) is 0.737. The molecule has 0 radical (unpaired) electrons. The molecule has 0 bridgehead atoms. The molecule has 2 aromatic rings. The van der Waals surface area contributed by atoms with E-state index in [0.29, 0.717) is 16.6 Å². The molecule has 2 N–H and O–H groups in total. The smallest absolute Gasteiger partial charge is 0.328 e. The number of carboxylic acid groups (broad SMARTS) is 1. The molecule has 6 nitrogen and oxygen atoms in total. The lowest BCUT2D eigenvalue weighted by Crippen LogP contribution is -2.50. The van der Waals surface area contributed by atoms with Crippen molar-refractivity contribution in [2.75, 3.05) is 13.2 Å². The molecule has 0 spiro atoms. The van der Waals surface area contributed by atoms with Crippen LogP contribution in [0.2, 0.25) is 5.02 Å². The van der Waals surface area contributed by atoms with Crippen molar-refractivity contribution in [1.82, 2.24) is 10.3 Å². The largest absolute Gasteiger partial charge is 0.480 e. The van der Waals surface area contributed by atoms with Gasteiger partial charge in [-0.05, 0) is 50.3 Å². The van der Waals surface area contributed by atoms with Crippen molar-refractivity contribution >= 4 is 34.8 Å². The zero-order valence-electron chi connectivity index (χ0n) is 15.8. The van der Waals surface area contributed by atoms with E-state index in [2.05, 4.69) is 10.3 Å². The summed E-state index contributed by atoms with van der Waals surface area (Å²) in [6, 6.07) is 5.82. The third kappa shape index (κ3) is 4.90. The SMILES string of the molecule is CC(C)(NC(=O)Cc1csc(-c2ccc(Cl)cc2C2CCOCC2)n1)C(=O)O. The van der Waals surface area contributed by atoms with Gasteiger partial charge in [-0.1, -0.05) is 17.7 Å². The van der Waals surface area contributed by atoms with Crippen LogP contribution in [0, 0.1) is 0 Å². The van der Waals surface area contributed by atoms with E-state index in [1.807, 2.05) is 23.6 Å². The second kappa shape index (κ2) is 8.59. The summed E-state index contributed by atoms with van der Waals surface area (Å²) in [5.41, 5.74) is 1.49. The zero-order valence-corrected chi connectivity index (χ0v) is 17.4. The van der Waals surface area contributed by atoms with E-state index < -0.39 is 11.5 Å². The predicted octanol–water partition coefficient (Wildman–Crippen LogP) is 3.88. The van der Waals surface area contributed by atoms with E-state index in [1.54, 1.807) is 0 Å². The summed E-state index contributed by atoms with van der Waals surface area (Å²) in [5, 5.41) is 15.0. The number of nitrogens with zero attached hydrogens (tertiary/aromatic N) is 1. The molecule has 3 rings (SSSR count). The lowest BCUT2D eigenvalue weighted by molar-refractivity contribution is -0.145. The number of ether oxygens (including phenoxy) is 1. The molecule has 1 fully saturated rings. The number of halogens is 1. The first-order valence-electron chi connectivity index (χ1n) is 9.12. The lowest BCUT2D eigenvalue weighted by Gasteiger charge is -2.24. The molecule has 0 atom stereocenters. The molecule has 8 heteroatoms. The van der Waals surface area contributed by atoms with Crippen molar-refractivity contribution < 1.29 is 19.4 Å². The highest BCUT2D eigenvalue weighted by Crippen LogP contribution is 2.37. The van der Waals surface area contributed by atoms with Crippen molar-refractivity contribution in [3.05, 3.63) is 39.9 Å². The molecule has 1 saturated heterocycles. The van der Waals surface area contributed by atoms with Crippen molar-refractivity contribution in [3.8, 4) is 10.6 Å². The maximum absolute atomic E-state index is 12.2. The van der Waals surface area contributed by atoms with Gasteiger partial charge < -0.3 is 15.2 Å². The van der Waals surface area contributed by atoms with Gasteiger partial charge in [0.15, 0.2) is 0 Å². The second-order valence-corrected chi connectivity index (χ2v) is 8.71. The molecular weight excluding hydrogens is 400 g/mol. The first-order valence-corrected chi connectivity index (χ1v) is 10.4. The average molecular weight is 423 g/mol. The Hall–Kier alpha value is -1.96. The van der Waals surface area contributed by atoms with Gasteiger partial charge in [0.25, 0.3) is 0 Å². The number of carbonyl (C=O) groups is 2. The van der Waals surface area contributed by atoms with Crippen molar-refractivity contribution in [1.29, 1.82) is 0 Å². The second-order valence-electron chi connectivity index (χ2n) is 7.42. The zero-order chi connectivity index (χ0) is 20.3. The van der Waals surface area contributed by atoms with E-state index in [9.17, 15) is 9.59 Å². The summed E-state index contributed by atoms with van der Waals surface area (Å²) in [6.07, 6.45) is 1.92. The van der Waals surface area contributed by atoms with E-state index >= 15 is 0 Å². The van der Waals surface area contributed by atoms with Gasteiger partial charge >= 0.3 is 5.97 Å². The standard InChI is InChI=1S/C20H23ClN2O4S/c1-20(2,19(25)26)23-17(24)10-14-11-28-18(22-14)15-4-3-13(21)9-16(15)12-5-7-27-8-6-12/h3-4,9,11-12H,5-8,10H2,1-2H3,(H,23,24)(H,25,26). The normalized spacial score (nSPS) is 15.4. The van der Waals surface area contributed by atoms with Crippen LogP contribution in [0.5, 0.6) is 0 Å². The van der Waals surface area contributed by atoms with Gasteiger partial charge in [0.1, 0.15) is 10.5 Å². The molecule has 2 heterocycles. The summed E-state index contributed by atoms with van der Waals surface area (Å²) in [7, 11) is 0. The fraction of sp³-hybridized carbons (Fsp3) is 0.450. The number of aliphatic carboxylic acids is 1. The maximum Gasteiger partial charge on any atom is 0.328 e. The van der Waals surface area contributed by atoms with Gasteiger partial charge in [-0.25, -0.2) is 9.78 Å². The molecule has 150 valence electrons. The Morgan fingerprint density at radius 3 is 2.75 bits per heavy atom. The number of carboxylic acids is 1. The van der Waals surface area contributed by atoms with E-state index in [0.717, 1.165) is 42.2 Å². The van der Waals surface area contributed by atoms with Crippen LogP contribution >= 0.6 is 22.9 Å². The number of benzene rings is 1. The number of nitrogens with one attached hydrogen (secondary N) is 1. The Morgan fingerprint density at radius 1 is 1.36 bits per heavy atom. The molecule has 1 aromatic carbocycles. The Kier molecular flexibility index (Phi) is 6.37. The maximum atomic E-state index is 12.2.